The SMILES string of the molecule is Nc1ccc(CC(=O)NCC2CCCCC2CO)nc1. The minimum atomic E-state index is -0.0236. The summed E-state index contributed by atoms with van der Waals surface area (Å²) in [7, 11) is 0. The van der Waals surface area contributed by atoms with Crippen LogP contribution in [-0.4, -0.2) is 29.1 Å². The molecule has 1 aromatic rings. The number of nitrogens with zero attached hydrogens (tertiary/aromatic N) is 1. The van der Waals surface area contributed by atoms with E-state index in [2.05, 4.69) is 10.3 Å². The highest BCUT2D eigenvalue weighted by atomic mass is 16.3. The van der Waals surface area contributed by atoms with Gasteiger partial charge in [-0.25, -0.2) is 0 Å². The van der Waals surface area contributed by atoms with E-state index in [0.717, 1.165) is 18.5 Å². The minimum absolute atomic E-state index is 0.0236. The Kier molecular flexibility index (Phi) is 5.35. The first-order valence-corrected chi connectivity index (χ1v) is 7.27. The molecule has 5 heteroatoms. The number of carbonyl (C=O) groups is 1. The normalized spacial score (nSPS) is 22.4. The average molecular weight is 277 g/mol. The van der Waals surface area contributed by atoms with E-state index in [4.69, 9.17) is 5.73 Å². The average Bonchev–Trinajstić information content (AvgIpc) is 2.48. The lowest BCUT2D eigenvalue weighted by Crippen LogP contribution is -2.36. The second-order valence-electron chi connectivity index (χ2n) is 5.55. The number of nitrogens with one attached hydrogen (secondary N) is 1. The van der Waals surface area contributed by atoms with Crippen molar-refractivity contribution in [1.82, 2.24) is 10.3 Å². The number of aliphatic hydroxyl groups excluding tert-OH is 1. The van der Waals surface area contributed by atoms with Gasteiger partial charge in [0.2, 0.25) is 5.91 Å². The molecule has 1 fully saturated rings. The maximum Gasteiger partial charge on any atom is 0.226 e. The van der Waals surface area contributed by atoms with Crippen LogP contribution in [0.2, 0.25) is 0 Å². The molecule has 5 nitrogen and oxygen atoms in total. The van der Waals surface area contributed by atoms with Crippen molar-refractivity contribution < 1.29 is 9.90 Å². The summed E-state index contributed by atoms with van der Waals surface area (Å²) < 4.78 is 0. The van der Waals surface area contributed by atoms with Gasteiger partial charge < -0.3 is 16.2 Å². The second kappa shape index (κ2) is 7.24. The Labute approximate surface area is 119 Å². The maximum absolute atomic E-state index is 11.9. The number of aromatic nitrogens is 1. The number of rotatable bonds is 5. The molecule has 1 saturated carbocycles. The third kappa shape index (κ3) is 4.20. The maximum atomic E-state index is 11.9. The second-order valence-corrected chi connectivity index (χ2v) is 5.55. The fraction of sp³-hybridized carbons (Fsp3) is 0.600. The van der Waals surface area contributed by atoms with E-state index in [0.29, 0.717) is 24.1 Å². The van der Waals surface area contributed by atoms with Gasteiger partial charge in [-0.15, -0.1) is 0 Å². The smallest absolute Gasteiger partial charge is 0.226 e. The molecular weight excluding hydrogens is 254 g/mol. The third-order valence-electron chi connectivity index (χ3n) is 4.05. The lowest BCUT2D eigenvalue weighted by atomic mass is 9.79. The molecule has 110 valence electrons. The molecule has 1 aliphatic rings. The zero-order chi connectivity index (χ0) is 14.4. The molecule has 2 rings (SSSR count). The first-order chi connectivity index (χ1) is 9.69. The summed E-state index contributed by atoms with van der Waals surface area (Å²) in [5.74, 6) is 0.709. The zero-order valence-corrected chi connectivity index (χ0v) is 11.7. The number of nitrogen functional groups attached to an aromatic ring is 1. The number of amides is 1. The van der Waals surface area contributed by atoms with Gasteiger partial charge in [0, 0.05) is 18.8 Å². The van der Waals surface area contributed by atoms with Crippen molar-refractivity contribution in [3.63, 3.8) is 0 Å². The van der Waals surface area contributed by atoms with Crippen LogP contribution in [0.15, 0.2) is 18.3 Å². The summed E-state index contributed by atoms with van der Waals surface area (Å²) in [6.07, 6.45) is 6.37. The summed E-state index contributed by atoms with van der Waals surface area (Å²) in [5.41, 5.74) is 6.88. The number of aliphatic hydroxyl groups is 1. The van der Waals surface area contributed by atoms with Gasteiger partial charge in [0.25, 0.3) is 0 Å². The van der Waals surface area contributed by atoms with Crippen LogP contribution in [-0.2, 0) is 11.2 Å². The fourth-order valence-electron chi connectivity index (χ4n) is 2.81. The van der Waals surface area contributed by atoms with Crippen molar-refractivity contribution in [3.05, 3.63) is 24.0 Å². The van der Waals surface area contributed by atoms with Crippen molar-refractivity contribution in [3.8, 4) is 0 Å². The van der Waals surface area contributed by atoms with E-state index in [-0.39, 0.29) is 18.9 Å². The van der Waals surface area contributed by atoms with E-state index < -0.39 is 0 Å². The molecule has 1 heterocycles. The zero-order valence-electron chi connectivity index (χ0n) is 11.7. The summed E-state index contributed by atoms with van der Waals surface area (Å²) in [5, 5.41) is 12.3. The number of anilines is 1. The van der Waals surface area contributed by atoms with Crippen molar-refractivity contribution in [2.45, 2.75) is 32.1 Å². The van der Waals surface area contributed by atoms with Gasteiger partial charge in [-0.3, -0.25) is 9.78 Å². The van der Waals surface area contributed by atoms with Gasteiger partial charge in [-0.05, 0) is 36.8 Å². The van der Waals surface area contributed by atoms with Gasteiger partial charge in [-0.2, -0.15) is 0 Å². The van der Waals surface area contributed by atoms with Crippen LogP contribution in [0.25, 0.3) is 0 Å². The van der Waals surface area contributed by atoms with Gasteiger partial charge in [0.15, 0.2) is 0 Å². The molecule has 1 aromatic heterocycles. The first kappa shape index (κ1) is 14.8. The molecule has 1 amide bonds. The summed E-state index contributed by atoms with van der Waals surface area (Å²) in [6, 6.07) is 3.52. The van der Waals surface area contributed by atoms with Crippen LogP contribution in [0.4, 0.5) is 5.69 Å². The lowest BCUT2D eigenvalue weighted by molar-refractivity contribution is -0.120. The van der Waals surface area contributed by atoms with Crippen LogP contribution in [0.3, 0.4) is 0 Å². The fourth-order valence-corrected chi connectivity index (χ4v) is 2.81. The molecule has 0 saturated heterocycles. The number of pyridine rings is 1. The van der Waals surface area contributed by atoms with Gasteiger partial charge in [0.1, 0.15) is 0 Å². The Morgan fingerprint density at radius 3 is 2.75 bits per heavy atom. The summed E-state index contributed by atoms with van der Waals surface area (Å²) in [6.45, 7) is 0.874. The van der Waals surface area contributed by atoms with E-state index in [1.807, 2.05) is 0 Å². The number of hydrogen-bond donors (Lipinski definition) is 3. The molecule has 2 atom stereocenters. The molecule has 0 aromatic carbocycles. The van der Waals surface area contributed by atoms with E-state index >= 15 is 0 Å². The number of carbonyl (C=O) groups excluding carboxylic acids is 1. The van der Waals surface area contributed by atoms with Crippen LogP contribution in [0.1, 0.15) is 31.4 Å². The van der Waals surface area contributed by atoms with Crippen molar-refractivity contribution in [2.75, 3.05) is 18.9 Å². The van der Waals surface area contributed by atoms with Gasteiger partial charge in [-0.1, -0.05) is 12.8 Å². The number of hydrogen-bond acceptors (Lipinski definition) is 4. The monoisotopic (exact) mass is 277 g/mol. The lowest BCUT2D eigenvalue weighted by Gasteiger charge is -2.30. The Hall–Kier alpha value is -1.62. The molecule has 0 spiro atoms. The Morgan fingerprint density at radius 1 is 1.35 bits per heavy atom. The highest BCUT2D eigenvalue weighted by Gasteiger charge is 2.24. The topological polar surface area (TPSA) is 88.2 Å². The van der Waals surface area contributed by atoms with Crippen molar-refractivity contribution in [1.29, 1.82) is 0 Å². The Balaban J connectivity index is 1.78. The molecule has 0 bridgehead atoms. The highest BCUT2D eigenvalue weighted by Crippen LogP contribution is 2.29. The van der Waals surface area contributed by atoms with Crippen LogP contribution in [0, 0.1) is 11.8 Å². The molecular formula is C15H23N3O2. The molecule has 1 aliphatic carbocycles. The van der Waals surface area contributed by atoms with Crippen molar-refractivity contribution >= 4 is 11.6 Å². The quantitative estimate of drug-likeness (QED) is 0.752. The van der Waals surface area contributed by atoms with Crippen LogP contribution in [0.5, 0.6) is 0 Å². The molecule has 20 heavy (non-hydrogen) atoms. The molecule has 2 unspecified atom stereocenters. The third-order valence-corrected chi connectivity index (χ3v) is 4.05. The first-order valence-electron chi connectivity index (χ1n) is 7.27. The number of nitrogens with two attached hydrogens (primary N) is 1. The summed E-state index contributed by atoms with van der Waals surface area (Å²) in [4.78, 5) is 16.0. The molecule has 0 radical (unpaired) electrons. The standard InChI is InChI=1S/C15H23N3O2/c16-13-5-6-14(17-9-13)7-15(20)18-8-11-3-1-2-4-12(11)10-19/h5-6,9,11-12,19H,1-4,7-8,10,16H2,(H,18,20). The Morgan fingerprint density at radius 2 is 2.10 bits per heavy atom. The van der Waals surface area contributed by atoms with E-state index in [9.17, 15) is 9.90 Å². The predicted molar refractivity (Wildman–Crippen MR) is 77.9 cm³/mol. The Bertz CT molecular complexity index is 433. The van der Waals surface area contributed by atoms with Crippen molar-refractivity contribution in [2.24, 2.45) is 11.8 Å². The highest BCUT2D eigenvalue weighted by molar-refractivity contribution is 5.78. The summed E-state index contributed by atoms with van der Waals surface area (Å²) >= 11 is 0. The van der Waals surface area contributed by atoms with Gasteiger partial charge in [0.05, 0.1) is 18.3 Å². The van der Waals surface area contributed by atoms with Crippen LogP contribution < -0.4 is 11.1 Å². The largest absolute Gasteiger partial charge is 0.397 e. The predicted octanol–water partition coefficient (Wildman–Crippen LogP) is 1.12. The van der Waals surface area contributed by atoms with E-state index in [1.54, 1.807) is 18.3 Å². The minimum Gasteiger partial charge on any atom is -0.397 e. The van der Waals surface area contributed by atoms with Gasteiger partial charge >= 0.3 is 0 Å². The molecule has 4 N–H and O–H groups in total. The van der Waals surface area contributed by atoms with Crippen LogP contribution >= 0.6 is 0 Å². The van der Waals surface area contributed by atoms with E-state index in [1.165, 1.54) is 12.8 Å². The molecule has 0 aliphatic heterocycles.